The zero-order valence-corrected chi connectivity index (χ0v) is 12.5. The molecule has 0 aliphatic carbocycles. The molecule has 18 heavy (non-hydrogen) atoms. The van der Waals surface area contributed by atoms with E-state index in [2.05, 4.69) is 37.8 Å². The van der Waals surface area contributed by atoms with Crippen LogP contribution in [0.1, 0.15) is 30.4 Å². The average molecular weight is 324 g/mol. The van der Waals surface area contributed by atoms with Crippen LogP contribution in [0.4, 0.5) is 0 Å². The summed E-state index contributed by atoms with van der Waals surface area (Å²) >= 11 is 8.76. The van der Waals surface area contributed by atoms with E-state index in [1.165, 1.54) is 0 Å². The second-order valence-electron chi connectivity index (χ2n) is 4.07. The van der Waals surface area contributed by atoms with Gasteiger partial charge in [-0.25, -0.2) is 4.98 Å². The highest BCUT2D eigenvalue weighted by Gasteiger charge is 2.06. The van der Waals surface area contributed by atoms with Crippen molar-refractivity contribution in [1.29, 1.82) is 0 Å². The Morgan fingerprint density at radius 3 is 2.94 bits per heavy atom. The fraction of sp³-hybridized carbons (Fsp3) is 0.308. The van der Waals surface area contributed by atoms with E-state index < -0.39 is 0 Å². The molecule has 0 aromatic carbocycles. The molecular weight excluding hydrogens is 310 g/mol. The molecule has 0 saturated heterocycles. The molecule has 0 spiro atoms. The standard InChI is InChI=1S/C13H14BrN3S/c1-2-4-10-12(14)13(18)17-11(16-10)7-9-5-3-6-15-8-9/h3,5-6,8H,2,4,7H2,1H3,(H,16,17,18). The number of aromatic amines is 1. The van der Waals surface area contributed by atoms with Gasteiger partial charge in [0.1, 0.15) is 10.5 Å². The van der Waals surface area contributed by atoms with Crippen molar-refractivity contribution in [2.24, 2.45) is 0 Å². The molecule has 0 saturated carbocycles. The fourth-order valence-electron chi connectivity index (χ4n) is 1.76. The first-order valence-corrected chi connectivity index (χ1v) is 7.07. The first-order chi connectivity index (χ1) is 8.70. The van der Waals surface area contributed by atoms with Gasteiger partial charge < -0.3 is 4.98 Å². The summed E-state index contributed by atoms with van der Waals surface area (Å²) in [5.41, 5.74) is 2.25. The number of hydrogen-bond acceptors (Lipinski definition) is 3. The zero-order chi connectivity index (χ0) is 13.0. The first kappa shape index (κ1) is 13.4. The molecule has 2 aromatic rings. The lowest BCUT2D eigenvalue weighted by Crippen LogP contribution is -2.02. The summed E-state index contributed by atoms with van der Waals surface area (Å²) in [6.07, 6.45) is 6.37. The largest absolute Gasteiger partial charge is 0.346 e. The van der Waals surface area contributed by atoms with E-state index in [9.17, 15) is 0 Å². The van der Waals surface area contributed by atoms with E-state index in [1.807, 2.05) is 18.3 Å². The van der Waals surface area contributed by atoms with Crippen LogP contribution in [0.25, 0.3) is 0 Å². The van der Waals surface area contributed by atoms with Crippen molar-refractivity contribution in [2.75, 3.05) is 0 Å². The lowest BCUT2D eigenvalue weighted by atomic mass is 10.2. The van der Waals surface area contributed by atoms with Crippen LogP contribution < -0.4 is 0 Å². The molecule has 2 aromatic heterocycles. The molecule has 0 radical (unpaired) electrons. The number of pyridine rings is 1. The third-order valence-electron chi connectivity index (χ3n) is 2.58. The number of aryl methyl sites for hydroxylation is 1. The molecule has 2 heterocycles. The number of nitrogens with zero attached hydrogens (tertiary/aromatic N) is 2. The normalized spacial score (nSPS) is 10.6. The third-order valence-corrected chi connectivity index (χ3v) is 3.99. The summed E-state index contributed by atoms with van der Waals surface area (Å²) in [6.45, 7) is 2.14. The fourth-order valence-corrected chi connectivity index (χ4v) is 2.38. The summed E-state index contributed by atoms with van der Waals surface area (Å²) in [5, 5.41) is 0. The Labute approximate surface area is 120 Å². The molecule has 0 atom stereocenters. The first-order valence-electron chi connectivity index (χ1n) is 5.87. The number of hydrogen-bond donors (Lipinski definition) is 1. The van der Waals surface area contributed by atoms with Gasteiger partial charge in [-0.2, -0.15) is 0 Å². The maximum Gasteiger partial charge on any atom is 0.144 e. The van der Waals surface area contributed by atoms with E-state index in [-0.39, 0.29) is 0 Å². The van der Waals surface area contributed by atoms with Gasteiger partial charge in [0.25, 0.3) is 0 Å². The van der Waals surface area contributed by atoms with Crippen molar-refractivity contribution in [2.45, 2.75) is 26.2 Å². The zero-order valence-electron chi connectivity index (χ0n) is 10.1. The van der Waals surface area contributed by atoms with Gasteiger partial charge in [0.2, 0.25) is 0 Å². The van der Waals surface area contributed by atoms with Gasteiger partial charge in [-0.05, 0) is 34.0 Å². The molecular formula is C13H14BrN3S. The summed E-state index contributed by atoms with van der Waals surface area (Å²) in [7, 11) is 0. The van der Waals surface area contributed by atoms with E-state index in [0.717, 1.165) is 40.8 Å². The van der Waals surface area contributed by atoms with Crippen LogP contribution in [0, 0.1) is 4.64 Å². The quantitative estimate of drug-likeness (QED) is 0.869. The molecule has 0 amide bonds. The van der Waals surface area contributed by atoms with E-state index in [4.69, 9.17) is 12.2 Å². The second-order valence-corrected chi connectivity index (χ2v) is 5.25. The number of aromatic nitrogens is 3. The van der Waals surface area contributed by atoms with Gasteiger partial charge in [0.05, 0.1) is 4.47 Å². The molecule has 94 valence electrons. The summed E-state index contributed by atoms with van der Waals surface area (Å²) in [4.78, 5) is 11.8. The van der Waals surface area contributed by atoms with Crippen molar-refractivity contribution >= 4 is 28.1 Å². The maximum atomic E-state index is 5.27. The Morgan fingerprint density at radius 1 is 1.44 bits per heavy atom. The lowest BCUT2D eigenvalue weighted by Gasteiger charge is -2.07. The number of H-pyrrole nitrogens is 1. The summed E-state index contributed by atoms with van der Waals surface area (Å²) in [6, 6.07) is 3.96. The van der Waals surface area contributed by atoms with E-state index >= 15 is 0 Å². The Bertz CT molecular complexity index is 581. The lowest BCUT2D eigenvalue weighted by molar-refractivity contribution is 0.829. The molecule has 2 rings (SSSR count). The molecule has 0 bridgehead atoms. The number of nitrogens with one attached hydrogen (secondary N) is 1. The number of rotatable bonds is 4. The highest BCUT2D eigenvalue weighted by Crippen LogP contribution is 2.18. The Kier molecular flexibility index (Phi) is 4.60. The minimum absolute atomic E-state index is 0.621. The highest BCUT2D eigenvalue weighted by molar-refractivity contribution is 9.10. The van der Waals surface area contributed by atoms with Crippen molar-refractivity contribution in [3.63, 3.8) is 0 Å². The minimum atomic E-state index is 0.621. The van der Waals surface area contributed by atoms with Crippen molar-refractivity contribution in [3.8, 4) is 0 Å². The van der Waals surface area contributed by atoms with Crippen molar-refractivity contribution < 1.29 is 0 Å². The third kappa shape index (κ3) is 3.23. The monoisotopic (exact) mass is 323 g/mol. The second kappa shape index (κ2) is 6.20. The molecule has 0 aliphatic rings. The molecule has 5 heteroatoms. The van der Waals surface area contributed by atoms with Gasteiger partial charge in [0.15, 0.2) is 0 Å². The van der Waals surface area contributed by atoms with Gasteiger partial charge in [-0.3, -0.25) is 4.98 Å². The Balaban J connectivity index is 2.32. The Morgan fingerprint density at radius 2 is 2.28 bits per heavy atom. The number of halogens is 1. The van der Waals surface area contributed by atoms with Crippen LogP contribution in [0.5, 0.6) is 0 Å². The van der Waals surface area contributed by atoms with Crippen molar-refractivity contribution in [3.05, 3.63) is 50.7 Å². The van der Waals surface area contributed by atoms with Crippen LogP contribution in [0.2, 0.25) is 0 Å². The molecule has 0 unspecified atom stereocenters. The molecule has 0 fully saturated rings. The minimum Gasteiger partial charge on any atom is -0.346 e. The predicted molar refractivity (Wildman–Crippen MR) is 78.2 cm³/mol. The average Bonchev–Trinajstić information content (AvgIpc) is 2.37. The molecule has 1 N–H and O–H groups in total. The Hall–Kier alpha value is -1.07. The van der Waals surface area contributed by atoms with Crippen molar-refractivity contribution in [1.82, 2.24) is 15.0 Å². The van der Waals surface area contributed by atoms with Gasteiger partial charge in [0, 0.05) is 24.5 Å². The SMILES string of the molecule is CCCc1[nH]c(Cc2cccnc2)nc(=S)c1Br. The van der Waals surface area contributed by atoms with E-state index in [0.29, 0.717) is 4.64 Å². The van der Waals surface area contributed by atoms with Crippen LogP contribution in [-0.2, 0) is 12.8 Å². The smallest absolute Gasteiger partial charge is 0.144 e. The molecule has 0 aliphatic heterocycles. The van der Waals surface area contributed by atoms with Gasteiger partial charge in [-0.1, -0.05) is 31.6 Å². The maximum absolute atomic E-state index is 5.27. The van der Waals surface area contributed by atoms with Crippen LogP contribution in [-0.4, -0.2) is 15.0 Å². The topological polar surface area (TPSA) is 41.6 Å². The van der Waals surface area contributed by atoms with Gasteiger partial charge in [-0.15, -0.1) is 0 Å². The van der Waals surface area contributed by atoms with Crippen LogP contribution in [0.3, 0.4) is 0 Å². The highest BCUT2D eigenvalue weighted by atomic mass is 79.9. The summed E-state index contributed by atoms with van der Waals surface area (Å²) < 4.78 is 1.53. The molecule has 3 nitrogen and oxygen atoms in total. The predicted octanol–water partition coefficient (Wildman–Crippen LogP) is 3.84. The van der Waals surface area contributed by atoms with E-state index in [1.54, 1.807) is 6.20 Å². The van der Waals surface area contributed by atoms with Crippen LogP contribution in [0.15, 0.2) is 29.0 Å². The van der Waals surface area contributed by atoms with Crippen LogP contribution >= 0.6 is 28.1 Å². The summed E-state index contributed by atoms with van der Waals surface area (Å²) in [5.74, 6) is 0.889. The van der Waals surface area contributed by atoms with Gasteiger partial charge >= 0.3 is 0 Å².